The first kappa shape index (κ1) is 16.9. The van der Waals surface area contributed by atoms with E-state index in [4.69, 9.17) is 9.26 Å². The molecule has 1 aliphatic carbocycles. The van der Waals surface area contributed by atoms with Crippen LogP contribution in [-0.2, 0) is 4.74 Å². The Morgan fingerprint density at radius 3 is 2.41 bits per heavy atom. The second-order valence-corrected chi connectivity index (χ2v) is 7.78. The van der Waals surface area contributed by atoms with E-state index in [0.29, 0.717) is 17.8 Å². The van der Waals surface area contributed by atoms with Crippen molar-refractivity contribution >= 4 is 5.97 Å². The van der Waals surface area contributed by atoms with Gasteiger partial charge in [0.25, 0.3) is 0 Å². The summed E-state index contributed by atoms with van der Waals surface area (Å²) in [6.45, 7) is 0. The van der Waals surface area contributed by atoms with Crippen LogP contribution in [0.5, 0.6) is 0 Å². The van der Waals surface area contributed by atoms with Crippen molar-refractivity contribution in [1.29, 1.82) is 0 Å². The lowest BCUT2D eigenvalue weighted by Gasteiger charge is -2.28. The first-order chi connectivity index (χ1) is 13.1. The van der Waals surface area contributed by atoms with Crippen molar-refractivity contribution in [2.24, 2.45) is 0 Å². The van der Waals surface area contributed by atoms with Crippen molar-refractivity contribution in [2.45, 2.75) is 62.6 Å². The predicted octanol–water partition coefficient (Wildman–Crippen LogP) is 3.94. The van der Waals surface area contributed by atoms with Gasteiger partial charge < -0.3 is 14.6 Å². The monoisotopic (exact) mass is 374 g/mol. The minimum absolute atomic E-state index is 0.0628. The van der Waals surface area contributed by atoms with Gasteiger partial charge in [0.1, 0.15) is 29.0 Å². The van der Waals surface area contributed by atoms with E-state index in [1.165, 1.54) is 6.07 Å². The Bertz CT molecular complexity index is 861. The number of nitrogens with zero attached hydrogens (tertiary/aromatic N) is 1. The van der Waals surface area contributed by atoms with Crippen LogP contribution < -0.4 is 5.32 Å². The molecule has 2 aromatic rings. The van der Waals surface area contributed by atoms with Gasteiger partial charge in [-0.05, 0) is 50.7 Å². The van der Waals surface area contributed by atoms with E-state index in [1.807, 2.05) is 0 Å². The number of ether oxygens (including phenoxy) is 1. The summed E-state index contributed by atoms with van der Waals surface area (Å²) in [5, 5.41) is 7.36. The van der Waals surface area contributed by atoms with E-state index < -0.39 is 17.6 Å². The van der Waals surface area contributed by atoms with Gasteiger partial charge in [0.15, 0.2) is 5.76 Å². The Labute approximate surface area is 155 Å². The first-order valence-electron chi connectivity index (χ1n) is 9.51. The molecule has 5 rings (SSSR count). The minimum atomic E-state index is -0.778. The van der Waals surface area contributed by atoms with E-state index in [-0.39, 0.29) is 28.8 Å². The zero-order valence-corrected chi connectivity index (χ0v) is 14.7. The fraction of sp³-hybridized carbons (Fsp3) is 0.500. The summed E-state index contributed by atoms with van der Waals surface area (Å²) in [5.74, 6) is -1.70. The third-order valence-electron chi connectivity index (χ3n) is 5.77. The number of nitrogens with one attached hydrogen (secondary N) is 1. The van der Waals surface area contributed by atoms with Crippen LogP contribution in [-0.4, -0.2) is 29.3 Å². The molecule has 27 heavy (non-hydrogen) atoms. The number of aromatic nitrogens is 1. The summed E-state index contributed by atoms with van der Waals surface area (Å²) < 4.78 is 39.7. The van der Waals surface area contributed by atoms with Crippen molar-refractivity contribution in [3.63, 3.8) is 0 Å². The Morgan fingerprint density at radius 2 is 1.78 bits per heavy atom. The van der Waals surface area contributed by atoms with Gasteiger partial charge in [-0.25, -0.2) is 13.6 Å². The molecule has 1 saturated carbocycles. The van der Waals surface area contributed by atoms with Crippen LogP contribution in [0.25, 0.3) is 11.3 Å². The molecule has 5 nitrogen and oxygen atoms in total. The van der Waals surface area contributed by atoms with E-state index in [0.717, 1.165) is 50.7 Å². The topological polar surface area (TPSA) is 64.4 Å². The number of carbonyl (C=O) groups is 1. The molecule has 3 atom stereocenters. The van der Waals surface area contributed by atoms with Gasteiger partial charge in [-0.1, -0.05) is 11.2 Å². The number of hydrogen-bond donors (Lipinski definition) is 1. The van der Waals surface area contributed by atoms with E-state index in [2.05, 4.69) is 10.5 Å². The van der Waals surface area contributed by atoms with Crippen LogP contribution in [0.4, 0.5) is 8.78 Å². The number of hydrogen-bond acceptors (Lipinski definition) is 5. The molecule has 3 heterocycles. The zero-order valence-electron chi connectivity index (χ0n) is 14.7. The molecule has 1 aromatic carbocycles. The SMILES string of the molecule is O=C(O[C@@H]1CC2CC[C@H](C1)N2)c1c(-c2c(F)cccc2F)noc1C1CC1. The Balaban J connectivity index is 1.49. The summed E-state index contributed by atoms with van der Waals surface area (Å²) in [7, 11) is 0. The molecule has 3 fully saturated rings. The summed E-state index contributed by atoms with van der Waals surface area (Å²) >= 11 is 0. The molecule has 142 valence electrons. The number of benzene rings is 1. The van der Waals surface area contributed by atoms with Crippen molar-refractivity contribution in [1.82, 2.24) is 10.5 Å². The molecule has 0 radical (unpaired) electrons. The molecule has 3 aliphatic rings. The van der Waals surface area contributed by atoms with Gasteiger partial charge >= 0.3 is 5.97 Å². The average Bonchev–Trinajstić information content (AvgIpc) is 3.30. The zero-order chi connectivity index (χ0) is 18.5. The lowest BCUT2D eigenvalue weighted by Crippen LogP contribution is -2.42. The van der Waals surface area contributed by atoms with Gasteiger partial charge in [0.05, 0.1) is 5.56 Å². The van der Waals surface area contributed by atoms with Crippen molar-refractivity contribution in [2.75, 3.05) is 0 Å². The highest BCUT2D eigenvalue weighted by Gasteiger charge is 2.40. The van der Waals surface area contributed by atoms with Gasteiger partial charge in [-0.3, -0.25) is 0 Å². The van der Waals surface area contributed by atoms with Crippen LogP contribution >= 0.6 is 0 Å². The van der Waals surface area contributed by atoms with Gasteiger partial charge in [0.2, 0.25) is 0 Å². The third-order valence-corrected chi connectivity index (χ3v) is 5.77. The molecule has 2 saturated heterocycles. The van der Waals surface area contributed by atoms with Gasteiger partial charge in [0, 0.05) is 18.0 Å². The molecule has 0 amide bonds. The average molecular weight is 374 g/mol. The van der Waals surface area contributed by atoms with Gasteiger partial charge in [-0.15, -0.1) is 0 Å². The summed E-state index contributed by atoms with van der Waals surface area (Å²) in [5.41, 5.74) is -0.368. The lowest BCUT2D eigenvalue weighted by molar-refractivity contribution is 0.0175. The maximum absolute atomic E-state index is 14.3. The molecular weight excluding hydrogens is 354 g/mol. The first-order valence-corrected chi connectivity index (χ1v) is 9.51. The Kier molecular flexibility index (Phi) is 4.00. The smallest absolute Gasteiger partial charge is 0.344 e. The number of halogens is 2. The maximum Gasteiger partial charge on any atom is 0.344 e. The van der Waals surface area contributed by atoms with Crippen LogP contribution in [0.2, 0.25) is 0 Å². The van der Waals surface area contributed by atoms with Crippen LogP contribution in [0.15, 0.2) is 22.7 Å². The van der Waals surface area contributed by atoms with E-state index in [1.54, 1.807) is 0 Å². The largest absolute Gasteiger partial charge is 0.459 e. The number of esters is 1. The van der Waals surface area contributed by atoms with Crippen molar-refractivity contribution < 1.29 is 22.8 Å². The third kappa shape index (κ3) is 3.04. The van der Waals surface area contributed by atoms with Gasteiger partial charge in [-0.2, -0.15) is 0 Å². The standard InChI is InChI=1S/C20H20F2N2O3/c21-14-2-1-3-15(22)16(14)18-17(19(27-24-18)10-4-5-10)20(25)26-13-8-11-6-7-12(9-13)23-11/h1-3,10-13,23H,4-9H2/t11-,12?,13+/m1/s1. The second kappa shape index (κ2) is 6.41. The highest BCUT2D eigenvalue weighted by molar-refractivity contribution is 5.97. The highest BCUT2D eigenvalue weighted by atomic mass is 19.1. The van der Waals surface area contributed by atoms with Crippen molar-refractivity contribution in [3.05, 3.63) is 41.2 Å². The molecule has 7 heteroatoms. The van der Waals surface area contributed by atoms with E-state index >= 15 is 0 Å². The minimum Gasteiger partial charge on any atom is -0.459 e. The van der Waals surface area contributed by atoms with E-state index in [9.17, 15) is 13.6 Å². The maximum atomic E-state index is 14.3. The number of piperidine rings is 1. The molecular formula is C20H20F2N2O3. The molecule has 1 aromatic heterocycles. The number of fused-ring (bicyclic) bond motifs is 2. The lowest BCUT2D eigenvalue weighted by atomic mass is 10.0. The van der Waals surface area contributed by atoms with Crippen LogP contribution in [0, 0.1) is 11.6 Å². The second-order valence-electron chi connectivity index (χ2n) is 7.78. The summed E-state index contributed by atoms with van der Waals surface area (Å²) in [4.78, 5) is 13.0. The quantitative estimate of drug-likeness (QED) is 0.822. The molecule has 1 N–H and O–H groups in total. The Hall–Kier alpha value is -2.28. The van der Waals surface area contributed by atoms with Crippen LogP contribution in [0.1, 0.15) is 60.6 Å². The summed E-state index contributed by atoms with van der Waals surface area (Å²) in [6.07, 6.45) is 5.23. The Morgan fingerprint density at radius 1 is 1.11 bits per heavy atom. The fourth-order valence-electron chi connectivity index (χ4n) is 4.33. The summed E-state index contributed by atoms with van der Waals surface area (Å²) in [6, 6.07) is 4.30. The molecule has 2 aliphatic heterocycles. The molecule has 1 unspecified atom stereocenters. The number of carbonyl (C=O) groups excluding carboxylic acids is 1. The van der Waals surface area contributed by atoms with Crippen molar-refractivity contribution in [3.8, 4) is 11.3 Å². The highest BCUT2D eigenvalue weighted by Crippen LogP contribution is 2.45. The predicted molar refractivity (Wildman–Crippen MR) is 92.2 cm³/mol. The molecule has 2 bridgehead atoms. The fourth-order valence-corrected chi connectivity index (χ4v) is 4.33. The molecule has 0 spiro atoms. The van der Waals surface area contributed by atoms with Crippen LogP contribution in [0.3, 0.4) is 0 Å². The normalized spacial score (nSPS) is 27.0. The number of rotatable bonds is 4.